The molecule has 8 nitrogen and oxygen atoms in total. The monoisotopic (exact) mass is 734 g/mol. The number of halogens is 10. The van der Waals surface area contributed by atoms with Crippen molar-refractivity contribution in [3.63, 3.8) is 0 Å². The van der Waals surface area contributed by atoms with Gasteiger partial charge in [0.15, 0.2) is 24.0 Å². The standard InChI is InChI=1S/C30H32F10N4O4S/c1-2-21(47-23-12-22(46-14-28(32,33)34)18(11-19(23)31)25-42-27(45)48-43-25)24-20(13-44-9-7-17(8-10-44)30(38,39)40)41-26(49-24)15-3-5-16(6-4-15)29(35,36)37/h11-12,15-17,21H,2-10,13-14H2,1H3,(H,42,43,45). The summed E-state index contributed by atoms with van der Waals surface area (Å²) in [5.74, 6) is -6.74. The van der Waals surface area contributed by atoms with Crippen molar-refractivity contribution >= 4 is 11.3 Å². The van der Waals surface area contributed by atoms with Crippen molar-refractivity contribution in [3.05, 3.63) is 44.1 Å². The molecule has 1 aromatic carbocycles. The largest absolute Gasteiger partial charge is 0.483 e. The minimum Gasteiger partial charge on any atom is -0.483 e. The normalized spacial score (nSPS) is 20.8. The van der Waals surface area contributed by atoms with Crippen molar-refractivity contribution in [2.45, 2.75) is 89.0 Å². The summed E-state index contributed by atoms with van der Waals surface area (Å²) < 4.78 is 150. The molecule has 2 aliphatic rings. The van der Waals surface area contributed by atoms with Crippen LogP contribution in [0, 0.1) is 17.7 Å². The molecule has 2 aromatic heterocycles. The third-order valence-corrected chi connectivity index (χ3v) is 10.1. The van der Waals surface area contributed by atoms with Gasteiger partial charge in [-0.2, -0.15) is 39.5 Å². The van der Waals surface area contributed by atoms with Crippen molar-refractivity contribution in [2.24, 2.45) is 11.8 Å². The van der Waals surface area contributed by atoms with E-state index >= 15 is 4.39 Å². The molecule has 1 aliphatic heterocycles. The Morgan fingerprint density at radius 3 is 2.14 bits per heavy atom. The first-order chi connectivity index (χ1) is 22.9. The zero-order chi connectivity index (χ0) is 35.7. The summed E-state index contributed by atoms with van der Waals surface area (Å²) in [4.78, 5) is 20.6. The minimum absolute atomic E-state index is 0.0911. The Balaban J connectivity index is 1.44. The number of alkyl halides is 9. The number of ether oxygens (including phenoxy) is 2. The highest BCUT2D eigenvalue weighted by atomic mass is 32.1. The van der Waals surface area contributed by atoms with Crippen LogP contribution < -0.4 is 15.2 Å². The predicted octanol–water partition coefficient (Wildman–Crippen LogP) is 8.71. The molecular formula is C30H32F10N4O4S. The molecule has 3 aromatic rings. The third kappa shape index (κ3) is 9.26. The van der Waals surface area contributed by atoms with E-state index < -0.39 is 72.0 Å². The number of H-pyrrole nitrogens is 1. The van der Waals surface area contributed by atoms with Crippen molar-refractivity contribution in [1.82, 2.24) is 20.0 Å². The van der Waals surface area contributed by atoms with Crippen LogP contribution in [0.3, 0.4) is 0 Å². The maximum Gasteiger partial charge on any atom is 0.439 e. The number of aromatic amines is 1. The topological polar surface area (TPSA) is 93.5 Å². The lowest BCUT2D eigenvalue weighted by molar-refractivity contribution is -0.185. The van der Waals surface area contributed by atoms with E-state index in [-0.39, 0.29) is 76.1 Å². The lowest BCUT2D eigenvalue weighted by Gasteiger charge is -2.32. The fourth-order valence-corrected chi connectivity index (χ4v) is 7.49. The Kier molecular flexibility index (Phi) is 10.9. The zero-order valence-electron chi connectivity index (χ0n) is 25.9. The molecule has 3 heterocycles. The van der Waals surface area contributed by atoms with Gasteiger partial charge >= 0.3 is 24.3 Å². The number of thiazole rings is 1. The molecule has 1 N–H and O–H groups in total. The van der Waals surface area contributed by atoms with Crippen LogP contribution in [0.15, 0.2) is 21.5 Å². The van der Waals surface area contributed by atoms with E-state index in [0.29, 0.717) is 15.6 Å². The maximum atomic E-state index is 15.5. The number of aromatic nitrogens is 3. The average Bonchev–Trinajstić information content (AvgIpc) is 3.65. The van der Waals surface area contributed by atoms with Crippen molar-refractivity contribution < 1.29 is 57.9 Å². The summed E-state index contributed by atoms with van der Waals surface area (Å²) in [6, 6.07) is 1.62. The predicted molar refractivity (Wildman–Crippen MR) is 155 cm³/mol. The summed E-state index contributed by atoms with van der Waals surface area (Å²) in [6.07, 6.45) is -14.2. The van der Waals surface area contributed by atoms with Crippen LogP contribution in [-0.4, -0.2) is 58.2 Å². The summed E-state index contributed by atoms with van der Waals surface area (Å²) in [5.41, 5.74) is 0.0616. The first-order valence-electron chi connectivity index (χ1n) is 15.5. The third-order valence-electron chi connectivity index (χ3n) is 8.76. The van der Waals surface area contributed by atoms with Gasteiger partial charge in [-0.05, 0) is 64.1 Å². The van der Waals surface area contributed by atoms with Crippen LogP contribution in [0.1, 0.15) is 79.5 Å². The number of nitrogens with one attached hydrogen (secondary N) is 1. The Bertz CT molecular complexity index is 1620. The number of likely N-dealkylation sites (tertiary alicyclic amines) is 1. The number of hydrogen-bond acceptors (Lipinski definition) is 8. The second-order valence-corrected chi connectivity index (χ2v) is 13.2. The molecule has 1 saturated carbocycles. The number of hydrogen-bond donors (Lipinski definition) is 1. The molecule has 1 aliphatic carbocycles. The van der Waals surface area contributed by atoms with Gasteiger partial charge in [-0.15, -0.1) is 11.3 Å². The quantitative estimate of drug-likeness (QED) is 0.208. The van der Waals surface area contributed by atoms with E-state index in [4.69, 9.17) is 14.5 Å². The fourth-order valence-electron chi connectivity index (χ4n) is 6.13. The SMILES string of the molecule is CCC(Oc1cc(OCC(F)(F)F)c(-c2noc(=O)[nH]2)cc1F)c1sc(C2CCC(C(F)(F)F)CC2)nc1CN1CCC(C(F)(F)F)CC1. The number of nitrogens with zero attached hydrogens (tertiary/aromatic N) is 3. The highest BCUT2D eigenvalue weighted by Crippen LogP contribution is 2.46. The maximum absolute atomic E-state index is 15.5. The van der Waals surface area contributed by atoms with Gasteiger partial charge in [-0.1, -0.05) is 12.1 Å². The van der Waals surface area contributed by atoms with Gasteiger partial charge in [0.25, 0.3) is 0 Å². The van der Waals surface area contributed by atoms with Crippen LogP contribution in [0.5, 0.6) is 11.5 Å². The van der Waals surface area contributed by atoms with Gasteiger partial charge in [0, 0.05) is 18.5 Å². The number of piperidine rings is 1. The first kappa shape index (κ1) is 36.9. The molecule has 0 bridgehead atoms. The van der Waals surface area contributed by atoms with E-state index in [2.05, 4.69) is 14.7 Å². The summed E-state index contributed by atoms with van der Waals surface area (Å²) in [7, 11) is 0. The van der Waals surface area contributed by atoms with Crippen LogP contribution in [0.4, 0.5) is 43.9 Å². The van der Waals surface area contributed by atoms with E-state index in [1.165, 1.54) is 0 Å². The first-order valence-corrected chi connectivity index (χ1v) is 16.3. The summed E-state index contributed by atoms with van der Waals surface area (Å²) in [6.45, 7) is 0.254. The molecule has 49 heavy (non-hydrogen) atoms. The van der Waals surface area contributed by atoms with E-state index in [0.717, 1.165) is 23.5 Å². The lowest BCUT2D eigenvalue weighted by Crippen LogP contribution is -2.38. The number of rotatable bonds is 10. The Labute approximate surface area is 276 Å². The molecule has 1 saturated heterocycles. The Hall–Kier alpha value is -3.35. The number of benzene rings is 1. The van der Waals surface area contributed by atoms with Gasteiger partial charge in [0.1, 0.15) is 11.9 Å². The highest BCUT2D eigenvalue weighted by molar-refractivity contribution is 7.11. The van der Waals surface area contributed by atoms with Crippen molar-refractivity contribution in [1.29, 1.82) is 0 Å². The van der Waals surface area contributed by atoms with Crippen LogP contribution in [-0.2, 0) is 6.54 Å². The molecule has 0 amide bonds. The molecule has 1 atom stereocenters. The second-order valence-electron chi connectivity index (χ2n) is 12.2. The van der Waals surface area contributed by atoms with Crippen LogP contribution in [0.25, 0.3) is 11.4 Å². The fraction of sp³-hybridized carbons (Fsp3) is 0.633. The molecule has 0 spiro atoms. The van der Waals surface area contributed by atoms with Crippen LogP contribution >= 0.6 is 11.3 Å². The summed E-state index contributed by atoms with van der Waals surface area (Å²) in [5, 5.41) is 3.91. The molecule has 19 heteroatoms. The molecule has 2 fully saturated rings. The van der Waals surface area contributed by atoms with Gasteiger partial charge in [0.05, 0.1) is 33.0 Å². The molecule has 5 rings (SSSR count). The van der Waals surface area contributed by atoms with Gasteiger partial charge in [-0.3, -0.25) is 14.4 Å². The average molecular weight is 735 g/mol. The summed E-state index contributed by atoms with van der Waals surface area (Å²) >= 11 is 1.16. The molecular weight excluding hydrogens is 702 g/mol. The van der Waals surface area contributed by atoms with E-state index in [1.807, 2.05) is 0 Å². The lowest BCUT2D eigenvalue weighted by atomic mass is 9.82. The van der Waals surface area contributed by atoms with E-state index in [9.17, 15) is 44.3 Å². The van der Waals surface area contributed by atoms with Gasteiger partial charge < -0.3 is 9.47 Å². The van der Waals surface area contributed by atoms with Crippen LogP contribution in [0.2, 0.25) is 0 Å². The Morgan fingerprint density at radius 2 is 1.59 bits per heavy atom. The molecule has 1 unspecified atom stereocenters. The Morgan fingerprint density at radius 1 is 0.959 bits per heavy atom. The highest BCUT2D eigenvalue weighted by Gasteiger charge is 2.43. The minimum atomic E-state index is -4.78. The van der Waals surface area contributed by atoms with Crippen molar-refractivity contribution in [2.75, 3.05) is 19.7 Å². The van der Waals surface area contributed by atoms with Crippen molar-refractivity contribution in [3.8, 4) is 22.9 Å². The smallest absolute Gasteiger partial charge is 0.439 e. The molecule has 272 valence electrons. The van der Waals surface area contributed by atoms with E-state index in [1.54, 1.807) is 11.8 Å². The van der Waals surface area contributed by atoms with Gasteiger partial charge in [-0.25, -0.2) is 14.2 Å². The molecule has 0 radical (unpaired) electrons. The zero-order valence-corrected chi connectivity index (χ0v) is 26.7. The second kappa shape index (κ2) is 14.5. The van der Waals surface area contributed by atoms with Gasteiger partial charge in [0.2, 0.25) is 0 Å².